The summed E-state index contributed by atoms with van der Waals surface area (Å²) < 4.78 is 13.5. The van der Waals surface area contributed by atoms with Crippen LogP contribution >= 0.6 is 0 Å². The number of halogens is 1. The van der Waals surface area contributed by atoms with Gasteiger partial charge in [-0.1, -0.05) is 26.0 Å². The summed E-state index contributed by atoms with van der Waals surface area (Å²) in [6.45, 7) is 5.20. The third-order valence-corrected chi connectivity index (χ3v) is 4.30. The molecule has 0 fully saturated rings. The van der Waals surface area contributed by atoms with Crippen molar-refractivity contribution < 1.29 is 23.6 Å². The Kier molecular flexibility index (Phi) is 6.39. The molecule has 0 bridgehead atoms. The molecule has 6 nitrogen and oxygen atoms in total. The summed E-state index contributed by atoms with van der Waals surface area (Å²) >= 11 is 0. The smallest absolute Gasteiger partial charge is 0.272 e. The number of benzene rings is 1. The van der Waals surface area contributed by atoms with Crippen LogP contribution in [0.15, 0.2) is 47.1 Å². The van der Waals surface area contributed by atoms with Crippen LogP contribution in [0.5, 0.6) is 0 Å². The van der Waals surface area contributed by atoms with Gasteiger partial charge in [0, 0.05) is 23.1 Å². The van der Waals surface area contributed by atoms with Crippen LogP contribution < -0.4 is 10.9 Å². The fourth-order valence-corrected chi connectivity index (χ4v) is 2.68. The van der Waals surface area contributed by atoms with E-state index in [4.69, 9.17) is 0 Å². The molecule has 0 unspecified atom stereocenters. The summed E-state index contributed by atoms with van der Waals surface area (Å²) in [6, 6.07) is 5.37. The highest BCUT2D eigenvalue weighted by Gasteiger charge is 2.27. The second-order valence-corrected chi connectivity index (χ2v) is 6.53. The molecule has 0 saturated carbocycles. The maximum atomic E-state index is 13.5. The highest BCUT2D eigenvalue weighted by Crippen LogP contribution is 2.26. The molecule has 0 aliphatic heterocycles. The number of nitrogens with one attached hydrogen (secondary N) is 2. The van der Waals surface area contributed by atoms with Gasteiger partial charge in [-0.2, -0.15) is 0 Å². The van der Waals surface area contributed by atoms with Gasteiger partial charge < -0.3 is 0 Å². The largest absolute Gasteiger partial charge is 0.290 e. The van der Waals surface area contributed by atoms with Gasteiger partial charge >= 0.3 is 0 Å². The van der Waals surface area contributed by atoms with E-state index in [-0.39, 0.29) is 35.9 Å². The van der Waals surface area contributed by atoms with E-state index in [1.807, 2.05) is 13.8 Å². The zero-order chi connectivity index (χ0) is 20.1. The highest BCUT2D eigenvalue weighted by atomic mass is 19.1. The molecule has 1 aliphatic rings. The molecule has 1 aliphatic carbocycles. The maximum absolute atomic E-state index is 13.5. The molecule has 0 heterocycles. The van der Waals surface area contributed by atoms with Crippen LogP contribution in [0.4, 0.5) is 4.39 Å². The van der Waals surface area contributed by atoms with Crippen molar-refractivity contribution in [3.8, 4) is 0 Å². The number of hydrogen-bond donors (Lipinski definition) is 2. The topological polar surface area (TPSA) is 92.3 Å². The van der Waals surface area contributed by atoms with Gasteiger partial charge in [-0.15, -0.1) is 0 Å². The monoisotopic (exact) mass is 372 g/mol. The molecule has 27 heavy (non-hydrogen) atoms. The number of carbonyl (C=O) groups is 4. The molecule has 0 atom stereocenters. The number of hydrogen-bond acceptors (Lipinski definition) is 4. The van der Waals surface area contributed by atoms with Crippen LogP contribution in [0.25, 0.3) is 0 Å². The first-order chi connectivity index (χ1) is 12.7. The SMILES string of the molecule is CC1=C(CCC(=O)NNC(=O)c2ccccc2F)C(=O)C(C(C)C)=CC1=O. The van der Waals surface area contributed by atoms with E-state index in [1.54, 1.807) is 6.92 Å². The van der Waals surface area contributed by atoms with Crippen molar-refractivity contribution in [3.63, 3.8) is 0 Å². The van der Waals surface area contributed by atoms with Gasteiger partial charge in [-0.3, -0.25) is 30.0 Å². The Labute approximate surface area is 156 Å². The average molecular weight is 372 g/mol. The van der Waals surface area contributed by atoms with E-state index in [1.165, 1.54) is 24.3 Å². The number of Topliss-reactive ketones (excluding diaryl/α,β-unsaturated/α-hetero) is 1. The van der Waals surface area contributed by atoms with Gasteiger partial charge in [0.2, 0.25) is 5.91 Å². The molecule has 0 saturated heterocycles. The van der Waals surface area contributed by atoms with Crippen molar-refractivity contribution in [2.75, 3.05) is 0 Å². The number of carbonyl (C=O) groups excluding carboxylic acids is 4. The van der Waals surface area contributed by atoms with Gasteiger partial charge in [0.1, 0.15) is 5.82 Å². The molecule has 0 spiro atoms. The van der Waals surface area contributed by atoms with Crippen molar-refractivity contribution in [2.45, 2.75) is 33.6 Å². The van der Waals surface area contributed by atoms with Crippen molar-refractivity contribution in [1.82, 2.24) is 10.9 Å². The van der Waals surface area contributed by atoms with E-state index in [9.17, 15) is 23.6 Å². The Bertz CT molecular complexity index is 868. The lowest BCUT2D eigenvalue weighted by Crippen LogP contribution is -2.42. The third kappa shape index (κ3) is 4.75. The molecule has 2 rings (SSSR count). The second-order valence-electron chi connectivity index (χ2n) is 6.53. The van der Waals surface area contributed by atoms with Gasteiger partial charge in [-0.25, -0.2) is 4.39 Å². The summed E-state index contributed by atoms with van der Waals surface area (Å²) in [5.74, 6) is -2.61. The first-order valence-corrected chi connectivity index (χ1v) is 8.56. The van der Waals surface area contributed by atoms with Gasteiger partial charge in [0.05, 0.1) is 5.56 Å². The average Bonchev–Trinajstić information content (AvgIpc) is 2.62. The summed E-state index contributed by atoms with van der Waals surface area (Å²) in [6.07, 6.45) is 1.32. The van der Waals surface area contributed by atoms with Crippen molar-refractivity contribution in [1.29, 1.82) is 0 Å². The van der Waals surface area contributed by atoms with Crippen molar-refractivity contribution in [3.05, 3.63) is 58.4 Å². The number of allylic oxidation sites excluding steroid dienone is 4. The Balaban J connectivity index is 1.94. The summed E-state index contributed by atoms with van der Waals surface area (Å²) in [5.41, 5.74) is 5.17. The van der Waals surface area contributed by atoms with E-state index in [0.717, 1.165) is 6.07 Å². The van der Waals surface area contributed by atoms with Crippen LogP contribution in [0.3, 0.4) is 0 Å². The normalized spacial score (nSPS) is 14.3. The molecule has 2 amide bonds. The van der Waals surface area contributed by atoms with Crippen LogP contribution in [-0.2, 0) is 14.4 Å². The third-order valence-electron chi connectivity index (χ3n) is 4.30. The van der Waals surface area contributed by atoms with E-state index in [2.05, 4.69) is 10.9 Å². The fourth-order valence-electron chi connectivity index (χ4n) is 2.68. The maximum Gasteiger partial charge on any atom is 0.272 e. The lowest BCUT2D eigenvalue weighted by molar-refractivity contribution is -0.122. The van der Waals surface area contributed by atoms with Crippen LogP contribution in [0, 0.1) is 11.7 Å². The standard InChI is InChI=1S/C20H21FN2O4/c1-11(2)15-10-17(24)12(3)13(19(15)26)8-9-18(25)22-23-20(27)14-6-4-5-7-16(14)21/h4-7,10-11H,8-9H2,1-3H3,(H,22,25)(H,23,27). The first kappa shape index (κ1) is 20.2. The summed E-state index contributed by atoms with van der Waals surface area (Å²) in [4.78, 5) is 48.4. The lowest BCUT2D eigenvalue weighted by Gasteiger charge is -2.19. The number of hydrazine groups is 1. The summed E-state index contributed by atoms with van der Waals surface area (Å²) in [7, 11) is 0. The molecule has 2 N–H and O–H groups in total. The molecule has 0 aromatic heterocycles. The predicted molar refractivity (Wildman–Crippen MR) is 96.9 cm³/mol. The van der Waals surface area contributed by atoms with Crippen molar-refractivity contribution >= 4 is 23.4 Å². The molecule has 7 heteroatoms. The van der Waals surface area contributed by atoms with Crippen LogP contribution in [-0.4, -0.2) is 23.4 Å². The lowest BCUT2D eigenvalue weighted by atomic mass is 9.83. The van der Waals surface area contributed by atoms with E-state index < -0.39 is 17.6 Å². The number of rotatable bonds is 5. The number of amides is 2. The fraction of sp³-hybridized carbons (Fsp3) is 0.300. The zero-order valence-corrected chi connectivity index (χ0v) is 15.4. The predicted octanol–water partition coefficient (Wildman–Crippen LogP) is 2.42. The minimum Gasteiger partial charge on any atom is -0.290 e. The quantitative estimate of drug-likeness (QED) is 0.613. The van der Waals surface area contributed by atoms with Gasteiger partial charge in [0.25, 0.3) is 5.91 Å². The minimum absolute atomic E-state index is 0.0713. The van der Waals surface area contributed by atoms with E-state index in [0.29, 0.717) is 16.7 Å². The first-order valence-electron chi connectivity index (χ1n) is 8.56. The Morgan fingerprint density at radius 1 is 1.11 bits per heavy atom. The molecular weight excluding hydrogens is 351 g/mol. The van der Waals surface area contributed by atoms with Crippen LogP contribution in [0.1, 0.15) is 44.0 Å². The molecule has 0 radical (unpaired) electrons. The van der Waals surface area contributed by atoms with Crippen molar-refractivity contribution in [2.24, 2.45) is 5.92 Å². The molecule has 142 valence electrons. The Morgan fingerprint density at radius 2 is 1.78 bits per heavy atom. The number of ketones is 2. The Hall–Kier alpha value is -3.09. The van der Waals surface area contributed by atoms with Gasteiger partial charge in [-0.05, 0) is 37.5 Å². The van der Waals surface area contributed by atoms with Crippen LogP contribution in [0.2, 0.25) is 0 Å². The molecule has 1 aromatic rings. The Morgan fingerprint density at radius 3 is 2.41 bits per heavy atom. The molecule has 1 aromatic carbocycles. The molecular formula is C20H21FN2O4. The highest BCUT2D eigenvalue weighted by molar-refractivity contribution is 6.22. The second kappa shape index (κ2) is 8.53. The minimum atomic E-state index is -0.786. The van der Waals surface area contributed by atoms with Gasteiger partial charge in [0.15, 0.2) is 11.6 Å². The van der Waals surface area contributed by atoms with E-state index >= 15 is 0 Å². The zero-order valence-electron chi connectivity index (χ0n) is 15.4. The summed E-state index contributed by atoms with van der Waals surface area (Å²) in [5, 5.41) is 0.